The molecular weight excluding hydrogens is 401 g/mol. The summed E-state index contributed by atoms with van der Waals surface area (Å²) in [5.41, 5.74) is 1.45. The van der Waals surface area contributed by atoms with Crippen molar-refractivity contribution in [2.45, 2.75) is 31.7 Å². The Labute approximate surface area is 163 Å². The van der Waals surface area contributed by atoms with E-state index in [1.165, 1.54) is 22.7 Å². The van der Waals surface area contributed by atoms with E-state index in [4.69, 9.17) is 23.2 Å². The first-order chi connectivity index (χ1) is 12.0. The minimum atomic E-state index is -0.389. The number of nitrogens with one attached hydrogen (secondary N) is 1. The lowest BCUT2D eigenvalue weighted by Gasteiger charge is -2.23. The molecule has 5 nitrogen and oxygen atoms in total. The first-order valence-electron chi connectivity index (χ1n) is 8.05. The van der Waals surface area contributed by atoms with E-state index >= 15 is 0 Å². The summed E-state index contributed by atoms with van der Waals surface area (Å²) >= 11 is 14.7. The number of rotatable bonds is 4. The molecule has 4 rings (SSSR count). The molecule has 1 aliphatic heterocycles. The van der Waals surface area contributed by atoms with Crippen LogP contribution in [0.15, 0.2) is 11.4 Å². The van der Waals surface area contributed by atoms with Crippen LogP contribution in [0.25, 0.3) is 11.3 Å². The van der Waals surface area contributed by atoms with E-state index in [9.17, 15) is 9.59 Å². The second-order valence-corrected chi connectivity index (χ2v) is 9.37. The van der Waals surface area contributed by atoms with Gasteiger partial charge >= 0.3 is 0 Å². The van der Waals surface area contributed by atoms with Crippen molar-refractivity contribution in [3.63, 3.8) is 0 Å². The third-order valence-corrected chi connectivity index (χ3v) is 6.68. The molecule has 0 aromatic carbocycles. The average molecular weight is 416 g/mol. The van der Waals surface area contributed by atoms with Gasteiger partial charge in [0.15, 0.2) is 5.13 Å². The lowest BCUT2D eigenvalue weighted by Crippen LogP contribution is -2.43. The summed E-state index contributed by atoms with van der Waals surface area (Å²) in [5.74, 6) is 0.0874. The number of carbonyl (C=O) groups excluding carboxylic acids is 2. The lowest BCUT2D eigenvalue weighted by molar-refractivity contribution is -0.137. The molecule has 1 N–H and O–H groups in total. The van der Waals surface area contributed by atoms with E-state index in [2.05, 4.69) is 10.3 Å². The number of carbonyl (C=O) groups is 2. The number of halogens is 2. The Hall–Kier alpha value is -1.15. The molecule has 0 spiro atoms. The summed E-state index contributed by atoms with van der Waals surface area (Å²) in [4.78, 5) is 31.1. The number of thiophene rings is 1. The normalized spacial score (nSPS) is 20.1. The Kier molecular flexibility index (Phi) is 4.75. The van der Waals surface area contributed by atoms with Crippen LogP contribution >= 0.6 is 45.9 Å². The van der Waals surface area contributed by atoms with Crippen molar-refractivity contribution in [3.8, 4) is 11.3 Å². The maximum absolute atomic E-state index is 12.6. The second-order valence-electron chi connectivity index (χ2n) is 6.23. The molecule has 2 aliphatic rings. The minimum absolute atomic E-state index is 0.122. The molecule has 0 bridgehead atoms. The van der Waals surface area contributed by atoms with Gasteiger partial charge in [0.1, 0.15) is 10.4 Å². The van der Waals surface area contributed by atoms with Gasteiger partial charge in [-0.05, 0) is 31.7 Å². The van der Waals surface area contributed by atoms with E-state index in [1.54, 1.807) is 11.0 Å². The highest BCUT2D eigenvalue weighted by Gasteiger charge is 2.41. The summed E-state index contributed by atoms with van der Waals surface area (Å²) in [6.07, 6.45) is 3.46. The summed E-state index contributed by atoms with van der Waals surface area (Å²) < 4.78 is 1.17. The van der Waals surface area contributed by atoms with Gasteiger partial charge in [0.25, 0.3) is 0 Å². The Morgan fingerprint density at radius 3 is 2.76 bits per heavy atom. The number of thiazole rings is 1. The van der Waals surface area contributed by atoms with E-state index in [0.717, 1.165) is 24.8 Å². The predicted molar refractivity (Wildman–Crippen MR) is 102 cm³/mol. The Balaban J connectivity index is 1.46. The summed E-state index contributed by atoms with van der Waals surface area (Å²) in [7, 11) is 0. The van der Waals surface area contributed by atoms with Crippen LogP contribution in [0, 0.1) is 5.92 Å². The fraction of sp³-hybridized carbons (Fsp3) is 0.438. The van der Waals surface area contributed by atoms with Crippen LogP contribution in [-0.4, -0.2) is 34.3 Å². The number of nitrogens with zero attached hydrogens (tertiary/aromatic N) is 2. The predicted octanol–water partition coefficient (Wildman–Crippen LogP) is 4.52. The quantitative estimate of drug-likeness (QED) is 0.797. The Morgan fingerprint density at radius 2 is 2.08 bits per heavy atom. The number of likely N-dealkylation sites (tertiary alicyclic amines) is 1. The van der Waals surface area contributed by atoms with Crippen LogP contribution in [0.5, 0.6) is 0 Å². The smallest absolute Gasteiger partial charge is 0.248 e. The lowest BCUT2D eigenvalue weighted by atomic mass is 10.2. The molecule has 9 heteroatoms. The zero-order chi connectivity index (χ0) is 17.6. The molecule has 2 fully saturated rings. The summed E-state index contributed by atoms with van der Waals surface area (Å²) in [6.45, 7) is 0.666. The molecule has 1 atom stereocenters. The first kappa shape index (κ1) is 17.3. The van der Waals surface area contributed by atoms with Crippen molar-refractivity contribution in [1.29, 1.82) is 0 Å². The van der Waals surface area contributed by atoms with Crippen LogP contribution in [-0.2, 0) is 9.59 Å². The van der Waals surface area contributed by atoms with Gasteiger partial charge in [0.05, 0.1) is 10.0 Å². The van der Waals surface area contributed by atoms with Crippen LogP contribution in [0.2, 0.25) is 8.67 Å². The van der Waals surface area contributed by atoms with Gasteiger partial charge in [0.2, 0.25) is 11.8 Å². The molecule has 1 unspecified atom stereocenters. The number of anilines is 1. The molecular formula is C16H15Cl2N3O2S2. The fourth-order valence-electron chi connectivity index (χ4n) is 3.03. The van der Waals surface area contributed by atoms with E-state index in [-0.39, 0.29) is 23.8 Å². The van der Waals surface area contributed by atoms with Crippen LogP contribution in [0.4, 0.5) is 5.13 Å². The van der Waals surface area contributed by atoms with Gasteiger partial charge in [-0.15, -0.1) is 22.7 Å². The maximum Gasteiger partial charge on any atom is 0.248 e. The van der Waals surface area contributed by atoms with Crippen molar-refractivity contribution in [2.24, 2.45) is 5.92 Å². The Morgan fingerprint density at radius 1 is 1.28 bits per heavy atom. The average Bonchev–Trinajstić information content (AvgIpc) is 2.98. The number of hydrogen-bond acceptors (Lipinski definition) is 5. The minimum Gasteiger partial charge on any atom is -0.330 e. The highest BCUT2D eigenvalue weighted by molar-refractivity contribution is 7.20. The highest BCUT2D eigenvalue weighted by Crippen LogP contribution is 2.39. The van der Waals surface area contributed by atoms with Crippen molar-refractivity contribution >= 4 is 62.8 Å². The zero-order valence-corrected chi connectivity index (χ0v) is 16.3. The number of aromatic nitrogens is 1. The molecule has 1 saturated heterocycles. The van der Waals surface area contributed by atoms with Crippen molar-refractivity contribution in [2.75, 3.05) is 11.9 Å². The molecule has 2 aromatic rings. The molecule has 25 heavy (non-hydrogen) atoms. The van der Waals surface area contributed by atoms with Gasteiger partial charge in [-0.3, -0.25) is 9.59 Å². The number of amides is 2. The number of hydrogen-bond donors (Lipinski definition) is 1. The first-order valence-corrected chi connectivity index (χ1v) is 10.5. The zero-order valence-electron chi connectivity index (χ0n) is 13.1. The fourth-order valence-corrected chi connectivity index (χ4v) is 5.22. The molecule has 132 valence electrons. The topological polar surface area (TPSA) is 62.3 Å². The standard InChI is InChI=1S/C16H15Cl2N3O2S2/c17-12-6-9(13(18)25-12)10-7-24-16(19-10)20-14(22)11-2-1-5-21(11)15(23)8-3-4-8/h6-8,11H,1-5H2,(H,19,20,22). The van der Waals surface area contributed by atoms with Crippen LogP contribution < -0.4 is 5.32 Å². The van der Waals surface area contributed by atoms with Gasteiger partial charge in [-0.2, -0.15) is 0 Å². The van der Waals surface area contributed by atoms with Gasteiger partial charge in [-0.25, -0.2) is 4.98 Å². The van der Waals surface area contributed by atoms with Gasteiger partial charge in [-0.1, -0.05) is 23.2 Å². The Bertz CT molecular complexity index is 831. The summed E-state index contributed by atoms with van der Waals surface area (Å²) in [6, 6.07) is 1.38. The molecule has 1 aliphatic carbocycles. The van der Waals surface area contributed by atoms with E-state index in [1.807, 2.05) is 5.38 Å². The van der Waals surface area contributed by atoms with E-state index < -0.39 is 0 Å². The van der Waals surface area contributed by atoms with Gasteiger partial charge < -0.3 is 10.2 Å². The van der Waals surface area contributed by atoms with Crippen molar-refractivity contribution in [3.05, 3.63) is 20.1 Å². The second kappa shape index (κ2) is 6.87. The van der Waals surface area contributed by atoms with Crippen molar-refractivity contribution in [1.82, 2.24) is 9.88 Å². The maximum atomic E-state index is 12.6. The SMILES string of the molecule is O=C(Nc1nc(-c2cc(Cl)sc2Cl)cs1)C1CCCN1C(=O)C1CC1. The van der Waals surface area contributed by atoms with Crippen LogP contribution in [0.1, 0.15) is 25.7 Å². The largest absolute Gasteiger partial charge is 0.330 e. The van der Waals surface area contributed by atoms with Gasteiger partial charge in [0, 0.05) is 23.4 Å². The summed E-state index contributed by atoms with van der Waals surface area (Å²) in [5, 5.41) is 5.19. The van der Waals surface area contributed by atoms with Crippen LogP contribution in [0.3, 0.4) is 0 Å². The van der Waals surface area contributed by atoms with E-state index in [0.29, 0.717) is 32.5 Å². The molecule has 1 saturated carbocycles. The highest BCUT2D eigenvalue weighted by atomic mass is 35.5. The molecule has 0 radical (unpaired) electrons. The third kappa shape index (κ3) is 3.56. The molecule has 2 aromatic heterocycles. The monoisotopic (exact) mass is 415 g/mol. The molecule has 2 amide bonds. The van der Waals surface area contributed by atoms with Crippen molar-refractivity contribution < 1.29 is 9.59 Å². The third-order valence-electron chi connectivity index (χ3n) is 4.43. The molecule has 3 heterocycles.